The molecule has 1 fully saturated rings. The molecule has 0 aliphatic carbocycles. The number of carboxylic acid groups (broad SMARTS) is 2. The molecule has 4 aromatic rings. The summed E-state index contributed by atoms with van der Waals surface area (Å²) in [5, 5.41) is 19.4. The molecule has 1 aliphatic heterocycles. The third-order valence-corrected chi connectivity index (χ3v) is 5.70. The third-order valence-electron chi connectivity index (χ3n) is 5.70. The Labute approximate surface area is 238 Å². The molecule has 11 nitrogen and oxygen atoms in total. The number of aliphatic carboxylic acids is 2. The van der Waals surface area contributed by atoms with Gasteiger partial charge >= 0.3 is 24.3 Å². The number of hydrogen-bond donors (Lipinski definition) is 3. The van der Waals surface area contributed by atoms with Crippen molar-refractivity contribution in [3.8, 4) is 0 Å². The zero-order valence-electron chi connectivity index (χ0n) is 21.9. The van der Waals surface area contributed by atoms with Crippen molar-refractivity contribution in [1.82, 2.24) is 19.7 Å². The Hall–Kier alpha value is -4.93. The molecule has 0 saturated carbocycles. The number of alkyl halides is 6. The highest BCUT2D eigenvalue weighted by atomic mass is 19.4. The zero-order valence-corrected chi connectivity index (χ0v) is 21.9. The predicted molar refractivity (Wildman–Crippen MR) is 139 cm³/mol. The summed E-state index contributed by atoms with van der Waals surface area (Å²) in [6.45, 7) is 3.19. The van der Waals surface area contributed by atoms with Gasteiger partial charge in [-0.25, -0.2) is 14.6 Å². The van der Waals surface area contributed by atoms with Gasteiger partial charge in [0, 0.05) is 30.9 Å². The van der Waals surface area contributed by atoms with Crippen LogP contribution in [0.1, 0.15) is 16.2 Å². The van der Waals surface area contributed by atoms with Crippen LogP contribution in [0, 0.1) is 0 Å². The molecule has 3 aromatic heterocycles. The average molecular weight is 615 g/mol. The average Bonchev–Trinajstić information content (AvgIpc) is 3.36. The Balaban J connectivity index is 0.000000303. The molecule has 1 aliphatic rings. The van der Waals surface area contributed by atoms with Crippen molar-refractivity contribution in [2.75, 3.05) is 31.2 Å². The molecule has 3 N–H and O–H groups in total. The third kappa shape index (κ3) is 8.78. The monoisotopic (exact) mass is 615 g/mol. The molecule has 0 unspecified atom stereocenters. The Morgan fingerprint density at radius 2 is 1.47 bits per heavy atom. The molecule has 1 saturated heterocycles. The minimum atomic E-state index is -5.08. The number of rotatable bonds is 4. The topological polar surface area (TPSA) is 146 Å². The summed E-state index contributed by atoms with van der Waals surface area (Å²) in [6, 6.07) is 15.8. The number of carbonyl (C=O) groups excluding carboxylic acids is 1. The summed E-state index contributed by atoms with van der Waals surface area (Å²) in [6.07, 6.45) is -6.46. The number of aromatic nitrogens is 3. The van der Waals surface area contributed by atoms with Crippen LogP contribution in [0.5, 0.6) is 0 Å². The van der Waals surface area contributed by atoms with Crippen LogP contribution in [-0.2, 0) is 20.9 Å². The van der Waals surface area contributed by atoms with Crippen LogP contribution in [0.2, 0.25) is 0 Å². The van der Waals surface area contributed by atoms with Crippen LogP contribution in [0.25, 0.3) is 16.3 Å². The maximum atomic E-state index is 13.0. The molecule has 17 heteroatoms. The molecule has 5 rings (SSSR count). The standard InChI is InChI=1S/C22H21N5O2.2C2HF3O2/c28-21(24-15-18-17-6-2-1-5-16(17)8-9-23-18)20-19-7-3-4-10-27(19)22(25-20)26-11-13-29-14-12-26;2*3-2(4,5)1(6)7/h1-10H,11-15H2,(H,24,28);2*(H,6,7). The number of amides is 1. The lowest BCUT2D eigenvalue weighted by atomic mass is 10.1. The molecule has 230 valence electrons. The van der Waals surface area contributed by atoms with Crippen molar-refractivity contribution >= 4 is 40.1 Å². The van der Waals surface area contributed by atoms with Gasteiger partial charge in [0.15, 0.2) is 5.69 Å². The van der Waals surface area contributed by atoms with E-state index < -0.39 is 24.3 Å². The first-order valence-electron chi connectivity index (χ1n) is 12.2. The number of anilines is 1. The summed E-state index contributed by atoms with van der Waals surface area (Å²) in [7, 11) is 0. The van der Waals surface area contributed by atoms with E-state index in [4.69, 9.17) is 24.5 Å². The molecule has 0 atom stereocenters. The molecular weight excluding hydrogens is 592 g/mol. The Kier molecular flexibility index (Phi) is 10.5. The lowest BCUT2D eigenvalue weighted by molar-refractivity contribution is -0.193. The predicted octanol–water partition coefficient (Wildman–Crippen LogP) is 3.92. The van der Waals surface area contributed by atoms with Crippen LogP contribution in [-0.4, -0.2) is 81.1 Å². The second kappa shape index (κ2) is 13.8. The van der Waals surface area contributed by atoms with Crippen LogP contribution in [0.3, 0.4) is 0 Å². The molecular formula is C26H23F6N5O6. The van der Waals surface area contributed by atoms with Crippen molar-refractivity contribution in [2.45, 2.75) is 18.9 Å². The van der Waals surface area contributed by atoms with Gasteiger partial charge in [0.25, 0.3) is 5.91 Å². The molecule has 4 heterocycles. The van der Waals surface area contributed by atoms with Crippen LogP contribution < -0.4 is 10.2 Å². The highest BCUT2D eigenvalue weighted by Crippen LogP contribution is 2.22. The fourth-order valence-electron chi connectivity index (χ4n) is 3.75. The Bertz CT molecular complexity index is 1560. The minimum absolute atomic E-state index is 0.206. The van der Waals surface area contributed by atoms with Crippen molar-refractivity contribution in [3.05, 3.63) is 72.3 Å². The van der Waals surface area contributed by atoms with Crippen molar-refractivity contribution in [3.63, 3.8) is 0 Å². The number of hydrogen-bond acceptors (Lipinski definition) is 7. The first-order chi connectivity index (χ1) is 20.2. The van der Waals surface area contributed by atoms with Gasteiger partial charge < -0.3 is 25.2 Å². The number of fused-ring (bicyclic) bond motifs is 2. The first kappa shape index (κ1) is 32.6. The van der Waals surface area contributed by atoms with E-state index in [2.05, 4.69) is 20.2 Å². The van der Waals surface area contributed by atoms with Crippen LogP contribution >= 0.6 is 0 Å². The van der Waals surface area contributed by atoms with E-state index in [0.717, 1.165) is 41.0 Å². The van der Waals surface area contributed by atoms with E-state index in [1.54, 1.807) is 6.20 Å². The lowest BCUT2D eigenvalue weighted by Gasteiger charge is -2.27. The maximum absolute atomic E-state index is 13.0. The van der Waals surface area contributed by atoms with Crippen molar-refractivity contribution in [2.24, 2.45) is 0 Å². The van der Waals surface area contributed by atoms with Gasteiger partial charge in [0.1, 0.15) is 0 Å². The number of benzene rings is 1. The van der Waals surface area contributed by atoms with Gasteiger partial charge in [-0.15, -0.1) is 0 Å². The molecule has 1 aromatic carbocycles. The summed E-state index contributed by atoms with van der Waals surface area (Å²) in [5.74, 6) is -4.94. The maximum Gasteiger partial charge on any atom is 0.490 e. The second-order valence-electron chi connectivity index (χ2n) is 8.58. The van der Waals surface area contributed by atoms with E-state index in [1.807, 2.05) is 59.1 Å². The van der Waals surface area contributed by atoms with E-state index in [-0.39, 0.29) is 5.91 Å². The smallest absolute Gasteiger partial charge is 0.475 e. The molecule has 1 amide bonds. The summed E-state index contributed by atoms with van der Waals surface area (Å²) in [5.41, 5.74) is 2.05. The van der Waals surface area contributed by atoms with Gasteiger partial charge in [0.2, 0.25) is 5.95 Å². The minimum Gasteiger partial charge on any atom is -0.475 e. The summed E-state index contributed by atoms with van der Waals surface area (Å²) in [4.78, 5) is 42.1. The molecule has 0 radical (unpaired) electrons. The second-order valence-corrected chi connectivity index (χ2v) is 8.58. The fraction of sp³-hybridized carbons (Fsp3) is 0.269. The Morgan fingerprint density at radius 1 is 0.884 bits per heavy atom. The lowest BCUT2D eigenvalue weighted by Crippen LogP contribution is -2.37. The molecule has 0 spiro atoms. The molecule has 43 heavy (non-hydrogen) atoms. The number of carbonyl (C=O) groups is 3. The number of nitrogens with zero attached hydrogens (tertiary/aromatic N) is 4. The number of halogens is 6. The first-order valence-corrected chi connectivity index (χ1v) is 12.2. The number of nitrogens with one attached hydrogen (secondary N) is 1. The highest BCUT2D eigenvalue weighted by molar-refractivity contribution is 6.00. The fourth-order valence-corrected chi connectivity index (χ4v) is 3.75. The highest BCUT2D eigenvalue weighted by Gasteiger charge is 2.38. The normalized spacial score (nSPS) is 13.4. The van der Waals surface area contributed by atoms with E-state index in [1.165, 1.54) is 0 Å². The number of imidazole rings is 1. The summed E-state index contributed by atoms with van der Waals surface area (Å²) >= 11 is 0. The van der Waals surface area contributed by atoms with E-state index in [0.29, 0.717) is 25.5 Å². The van der Waals surface area contributed by atoms with Gasteiger partial charge in [-0.1, -0.05) is 30.3 Å². The molecule has 0 bridgehead atoms. The van der Waals surface area contributed by atoms with Gasteiger partial charge in [-0.3, -0.25) is 14.2 Å². The van der Waals surface area contributed by atoms with E-state index >= 15 is 0 Å². The van der Waals surface area contributed by atoms with Gasteiger partial charge in [0.05, 0.1) is 31.0 Å². The number of ether oxygens (including phenoxy) is 1. The van der Waals surface area contributed by atoms with Crippen molar-refractivity contribution in [1.29, 1.82) is 0 Å². The largest absolute Gasteiger partial charge is 0.490 e. The number of carboxylic acids is 2. The van der Waals surface area contributed by atoms with Gasteiger partial charge in [-0.05, 0) is 23.6 Å². The summed E-state index contributed by atoms with van der Waals surface area (Å²) < 4.78 is 70.9. The number of morpholine rings is 1. The number of pyridine rings is 2. The van der Waals surface area contributed by atoms with Crippen molar-refractivity contribution < 1.29 is 55.7 Å². The van der Waals surface area contributed by atoms with E-state index in [9.17, 15) is 31.1 Å². The SMILES string of the molecule is O=C(NCc1nccc2ccccc12)c1nc(N2CCOCC2)n2ccccc12.O=C(O)C(F)(F)F.O=C(O)C(F)(F)F. The Morgan fingerprint density at radius 3 is 2.07 bits per heavy atom. The van der Waals surface area contributed by atoms with Crippen LogP contribution in [0.4, 0.5) is 32.3 Å². The quantitative estimate of drug-likeness (QED) is 0.291. The van der Waals surface area contributed by atoms with Crippen LogP contribution in [0.15, 0.2) is 60.9 Å². The zero-order chi connectivity index (χ0) is 31.8. The van der Waals surface area contributed by atoms with Gasteiger partial charge in [-0.2, -0.15) is 26.3 Å².